The number of benzene rings is 1. The van der Waals surface area contributed by atoms with Gasteiger partial charge in [0.15, 0.2) is 23.5 Å². The molecule has 2 heterocycles. The molecule has 2 aromatic heterocycles. The Morgan fingerprint density at radius 3 is 2.67 bits per heavy atom. The smallest absolute Gasteiger partial charge is 0.181 e. The number of nitrogens with zero attached hydrogens (tertiary/aromatic N) is 2. The summed E-state index contributed by atoms with van der Waals surface area (Å²) < 4.78 is 5.12. The maximum absolute atomic E-state index is 12.1. The molecule has 0 N–H and O–H groups in total. The van der Waals surface area contributed by atoms with E-state index in [1.165, 1.54) is 6.39 Å². The molecule has 0 amide bonds. The second kappa shape index (κ2) is 5.66. The molecule has 0 spiro atoms. The average molecular weight is 280 g/mol. The van der Waals surface area contributed by atoms with E-state index in [9.17, 15) is 9.59 Å². The second-order valence-corrected chi connectivity index (χ2v) is 4.60. The number of carbonyl (C=O) groups excluding carboxylic acids is 2. The summed E-state index contributed by atoms with van der Waals surface area (Å²) in [6, 6.07) is 10.2. The van der Waals surface area contributed by atoms with Gasteiger partial charge in [-0.2, -0.15) is 0 Å². The van der Waals surface area contributed by atoms with Crippen LogP contribution in [0.2, 0.25) is 0 Å². The zero-order valence-corrected chi connectivity index (χ0v) is 11.2. The maximum Gasteiger partial charge on any atom is 0.181 e. The summed E-state index contributed by atoms with van der Waals surface area (Å²) >= 11 is 0. The molecule has 1 aromatic carbocycles. The van der Waals surface area contributed by atoms with E-state index in [0.29, 0.717) is 22.4 Å². The molecular weight excluding hydrogens is 268 g/mol. The number of hydrogen-bond acceptors (Lipinski definition) is 5. The highest BCUT2D eigenvalue weighted by atomic mass is 16.3. The monoisotopic (exact) mass is 280 g/mol. The van der Waals surface area contributed by atoms with Crippen LogP contribution in [0.4, 0.5) is 0 Å². The first-order valence-electron chi connectivity index (χ1n) is 6.55. The normalized spacial score (nSPS) is 10.7. The third-order valence-corrected chi connectivity index (χ3v) is 3.18. The molecule has 0 saturated carbocycles. The molecule has 0 aliphatic heterocycles. The van der Waals surface area contributed by atoms with Crippen molar-refractivity contribution in [1.82, 2.24) is 9.97 Å². The van der Waals surface area contributed by atoms with Crippen molar-refractivity contribution in [3.8, 4) is 0 Å². The van der Waals surface area contributed by atoms with E-state index >= 15 is 0 Å². The van der Waals surface area contributed by atoms with Gasteiger partial charge < -0.3 is 4.42 Å². The van der Waals surface area contributed by atoms with Crippen molar-refractivity contribution in [3.63, 3.8) is 0 Å². The fraction of sp³-hybridized carbons (Fsp3) is 0.125. The average Bonchev–Trinajstić information content (AvgIpc) is 3.00. The van der Waals surface area contributed by atoms with Crippen molar-refractivity contribution in [3.05, 3.63) is 60.2 Å². The number of aromatic nitrogens is 2. The van der Waals surface area contributed by atoms with Gasteiger partial charge in [0.2, 0.25) is 0 Å². The number of pyridine rings is 1. The van der Waals surface area contributed by atoms with E-state index in [-0.39, 0.29) is 24.4 Å². The molecule has 0 aliphatic carbocycles. The number of fused-ring (bicyclic) bond motifs is 1. The lowest BCUT2D eigenvalue weighted by Crippen LogP contribution is -2.06. The van der Waals surface area contributed by atoms with E-state index in [4.69, 9.17) is 4.42 Å². The summed E-state index contributed by atoms with van der Waals surface area (Å²) in [5.41, 5.74) is 2.19. The van der Waals surface area contributed by atoms with Gasteiger partial charge in [-0.25, -0.2) is 4.98 Å². The van der Waals surface area contributed by atoms with E-state index in [0.717, 1.165) is 0 Å². The number of Topliss-reactive ketones (excluding diaryl/α,β-unsaturated/α-hetero) is 2. The van der Waals surface area contributed by atoms with E-state index < -0.39 is 0 Å². The van der Waals surface area contributed by atoms with Crippen LogP contribution < -0.4 is 0 Å². The molecule has 5 heteroatoms. The van der Waals surface area contributed by atoms with Gasteiger partial charge in [-0.3, -0.25) is 14.6 Å². The molecule has 0 radical (unpaired) electrons. The van der Waals surface area contributed by atoms with Crippen LogP contribution in [0.1, 0.15) is 33.7 Å². The van der Waals surface area contributed by atoms with Gasteiger partial charge in [-0.05, 0) is 30.3 Å². The van der Waals surface area contributed by atoms with Crippen LogP contribution in [0.3, 0.4) is 0 Å². The minimum absolute atomic E-state index is 0.0934. The Bertz CT molecular complexity index is 793. The number of ketones is 2. The quantitative estimate of drug-likeness (QED) is 0.671. The summed E-state index contributed by atoms with van der Waals surface area (Å²) in [6.45, 7) is 0. The molecule has 0 aliphatic rings. The summed E-state index contributed by atoms with van der Waals surface area (Å²) in [5, 5.41) is 0. The Balaban J connectivity index is 1.67. The number of carbonyl (C=O) groups is 2. The summed E-state index contributed by atoms with van der Waals surface area (Å²) in [6.07, 6.45) is 3.20. The summed E-state index contributed by atoms with van der Waals surface area (Å²) in [4.78, 5) is 32.0. The second-order valence-electron chi connectivity index (χ2n) is 4.60. The molecule has 0 saturated heterocycles. The number of hydrogen-bond donors (Lipinski definition) is 0. The standard InChI is InChI=1S/C16H12N2O3/c19-14(5-6-15(20)12-3-1-2-8-17-12)11-4-7-16-13(9-11)18-10-21-16/h1-4,7-10H,5-6H2. The van der Waals surface area contributed by atoms with Crippen LogP contribution in [0.15, 0.2) is 53.4 Å². The van der Waals surface area contributed by atoms with Gasteiger partial charge in [-0.1, -0.05) is 6.07 Å². The fourth-order valence-corrected chi connectivity index (χ4v) is 2.06. The first kappa shape index (κ1) is 13.2. The topological polar surface area (TPSA) is 73.1 Å². The SMILES string of the molecule is O=C(CCC(=O)c1ccccn1)c1ccc2ocnc2c1. The lowest BCUT2D eigenvalue weighted by atomic mass is 10.0. The molecule has 0 bridgehead atoms. The Hall–Kier alpha value is -2.82. The van der Waals surface area contributed by atoms with Crippen molar-refractivity contribution in [1.29, 1.82) is 0 Å². The van der Waals surface area contributed by atoms with E-state index in [1.54, 1.807) is 42.6 Å². The molecule has 5 nitrogen and oxygen atoms in total. The predicted octanol–water partition coefficient (Wildman–Crippen LogP) is 3.07. The minimum Gasteiger partial charge on any atom is -0.443 e. The highest BCUT2D eigenvalue weighted by molar-refractivity contribution is 6.02. The first-order chi connectivity index (χ1) is 10.2. The van der Waals surface area contributed by atoms with Crippen LogP contribution >= 0.6 is 0 Å². The molecule has 0 fully saturated rings. The van der Waals surface area contributed by atoms with Crippen LogP contribution in [0.25, 0.3) is 11.1 Å². The number of oxazole rings is 1. The molecule has 0 unspecified atom stereocenters. The Morgan fingerprint density at radius 1 is 1.00 bits per heavy atom. The summed E-state index contributed by atoms with van der Waals surface area (Å²) in [5.74, 6) is -0.226. The Morgan fingerprint density at radius 2 is 1.86 bits per heavy atom. The van der Waals surface area contributed by atoms with Crippen LogP contribution in [-0.4, -0.2) is 21.5 Å². The lowest BCUT2D eigenvalue weighted by molar-refractivity contribution is 0.0915. The van der Waals surface area contributed by atoms with Crippen molar-refractivity contribution in [2.75, 3.05) is 0 Å². The zero-order chi connectivity index (χ0) is 14.7. The van der Waals surface area contributed by atoms with Crippen molar-refractivity contribution < 1.29 is 14.0 Å². The Labute approximate surface area is 120 Å². The van der Waals surface area contributed by atoms with Crippen LogP contribution in [0.5, 0.6) is 0 Å². The predicted molar refractivity (Wildman–Crippen MR) is 76.1 cm³/mol. The molecule has 3 aromatic rings. The molecule has 0 atom stereocenters. The third-order valence-electron chi connectivity index (χ3n) is 3.18. The van der Waals surface area contributed by atoms with E-state index in [2.05, 4.69) is 9.97 Å². The maximum atomic E-state index is 12.1. The molecule has 21 heavy (non-hydrogen) atoms. The first-order valence-corrected chi connectivity index (χ1v) is 6.55. The van der Waals surface area contributed by atoms with Gasteiger partial charge in [0.05, 0.1) is 0 Å². The van der Waals surface area contributed by atoms with Gasteiger partial charge in [0.25, 0.3) is 0 Å². The highest BCUT2D eigenvalue weighted by Gasteiger charge is 2.12. The lowest BCUT2D eigenvalue weighted by Gasteiger charge is -2.01. The van der Waals surface area contributed by atoms with Gasteiger partial charge >= 0.3 is 0 Å². The Kier molecular flexibility index (Phi) is 3.55. The van der Waals surface area contributed by atoms with Gasteiger partial charge in [-0.15, -0.1) is 0 Å². The fourth-order valence-electron chi connectivity index (χ4n) is 2.06. The molecule has 3 rings (SSSR count). The highest BCUT2D eigenvalue weighted by Crippen LogP contribution is 2.16. The van der Waals surface area contributed by atoms with Gasteiger partial charge in [0.1, 0.15) is 11.2 Å². The summed E-state index contributed by atoms with van der Waals surface area (Å²) in [7, 11) is 0. The van der Waals surface area contributed by atoms with Gasteiger partial charge in [0, 0.05) is 24.6 Å². The zero-order valence-electron chi connectivity index (χ0n) is 11.2. The largest absolute Gasteiger partial charge is 0.443 e. The molecule has 104 valence electrons. The third kappa shape index (κ3) is 2.86. The van der Waals surface area contributed by atoms with Crippen molar-refractivity contribution in [2.45, 2.75) is 12.8 Å². The van der Waals surface area contributed by atoms with Crippen LogP contribution in [0, 0.1) is 0 Å². The van der Waals surface area contributed by atoms with Crippen molar-refractivity contribution >= 4 is 22.7 Å². The molecular formula is C16H12N2O3. The van der Waals surface area contributed by atoms with Crippen LogP contribution in [-0.2, 0) is 0 Å². The minimum atomic E-state index is -0.133. The van der Waals surface area contributed by atoms with Crippen molar-refractivity contribution in [2.24, 2.45) is 0 Å². The van der Waals surface area contributed by atoms with E-state index in [1.807, 2.05) is 0 Å². The number of rotatable bonds is 5.